The zero-order chi connectivity index (χ0) is 11.2. The molecule has 0 saturated carbocycles. The summed E-state index contributed by atoms with van der Waals surface area (Å²) >= 11 is 5.97. The lowest BCUT2D eigenvalue weighted by Gasteiger charge is -2.20. The Morgan fingerprint density at radius 2 is 2.13 bits per heavy atom. The van der Waals surface area contributed by atoms with Gasteiger partial charge in [0, 0.05) is 17.8 Å². The lowest BCUT2D eigenvalue weighted by atomic mass is 9.81. The molecule has 0 N–H and O–H groups in total. The molecule has 1 aromatic carbocycles. The fourth-order valence-electron chi connectivity index (χ4n) is 2.18. The van der Waals surface area contributed by atoms with Gasteiger partial charge in [0.25, 0.3) is 0 Å². The molecule has 1 aliphatic rings. The van der Waals surface area contributed by atoms with E-state index in [1.165, 1.54) is 0 Å². The van der Waals surface area contributed by atoms with Gasteiger partial charge in [-0.05, 0) is 37.1 Å². The number of amides is 1. The Bertz CT molecular complexity index is 430. The highest BCUT2D eigenvalue weighted by atomic mass is 35.5. The predicted octanol–water partition coefficient (Wildman–Crippen LogP) is 2.98. The average molecular weight is 224 g/mol. The van der Waals surface area contributed by atoms with Crippen molar-refractivity contribution in [1.82, 2.24) is 0 Å². The zero-order valence-corrected chi connectivity index (χ0v) is 9.93. The maximum Gasteiger partial charge on any atom is 0.237 e. The number of nitrogens with zero attached hydrogens (tertiary/aromatic N) is 1. The second kappa shape index (κ2) is 3.24. The zero-order valence-electron chi connectivity index (χ0n) is 9.17. The van der Waals surface area contributed by atoms with Gasteiger partial charge in [-0.1, -0.05) is 18.5 Å². The minimum atomic E-state index is -0.408. The van der Waals surface area contributed by atoms with Gasteiger partial charge in [0.05, 0.1) is 5.41 Å². The van der Waals surface area contributed by atoms with Crippen LogP contribution in [0.2, 0.25) is 5.02 Å². The molecule has 0 saturated heterocycles. The highest BCUT2D eigenvalue weighted by Crippen LogP contribution is 2.43. The van der Waals surface area contributed by atoms with Crippen LogP contribution >= 0.6 is 11.6 Å². The van der Waals surface area contributed by atoms with Crippen LogP contribution in [0.4, 0.5) is 5.69 Å². The molecule has 0 aromatic heterocycles. The minimum absolute atomic E-state index is 0.155. The van der Waals surface area contributed by atoms with Crippen LogP contribution in [-0.4, -0.2) is 13.0 Å². The molecular formula is C12H14ClNO. The van der Waals surface area contributed by atoms with Gasteiger partial charge in [0.1, 0.15) is 0 Å². The van der Waals surface area contributed by atoms with Gasteiger partial charge in [-0.3, -0.25) is 4.79 Å². The van der Waals surface area contributed by atoms with Gasteiger partial charge >= 0.3 is 0 Å². The summed E-state index contributed by atoms with van der Waals surface area (Å²) in [4.78, 5) is 13.8. The van der Waals surface area contributed by atoms with Gasteiger partial charge in [0.2, 0.25) is 5.91 Å². The molecule has 0 radical (unpaired) electrons. The molecule has 0 bridgehead atoms. The summed E-state index contributed by atoms with van der Waals surface area (Å²) in [5.74, 6) is 0.155. The molecule has 15 heavy (non-hydrogen) atoms. The first kappa shape index (κ1) is 10.5. The van der Waals surface area contributed by atoms with Crippen LogP contribution in [0, 0.1) is 0 Å². The molecule has 1 aromatic rings. The van der Waals surface area contributed by atoms with Gasteiger partial charge in [0.15, 0.2) is 0 Å². The van der Waals surface area contributed by atoms with Crippen molar-refractivity contribution in [1.29, 1.82) is 0 Å². The molecule has 3 heteroatoms. The van der Waals surface area contributed by atoms with E-state index in [0.717, 1.165) is 17.7 Å². The van der Waals surface area contributed by atoms with E-state index in [9.17, 15) is 4.79 Å². The summed E-state index contributed by atoms with van der Waals surface area (Å²) in [5, 5.41) is 0.691. The largest absolute Gasteiger partial charge is 0.314 e. The number of hydrogen-bond donors (Lipinski definition) is 0. The Labute approximate surface area is 94.8 Å². The standard InChI is InChI=1S/C12H14ClNO/c1-4-12(2)9-7-8(13)5-6-10(9)14(3)11(12)15/h5-7H,4H2,1-3H3. The Hall–Kier alpha value is -1.02. The van der Waals surface area contributed by atoms with Crippen LogP contribution in [0.1, 0.15) is 25.8 Å². The number of carbonyl (C=O) groups excluding carboxylic acids is 1. The highest BCUT2D eigenvalue weighted by molar-refractivity contribution is 6.31. The second-order valence-electron chi connectivity index (χ2n) is 4.21. The Kier molecular flexibility index (Phi) is 2.27. The van der Waals surface area contributed by atoms with E-state index in [0.29, 0.717) is 5.02 Å². The molecular weight excluding hydrogens is 210 g/mol. The molecule has 2 nitrogen and oxygen atoms in total. The van der Waals surface area contributed by atoms with E-state index in [2.05, 4.69) is 0 Å². The molecule has 1 amide bonds. The maximum absolute atomic E-state index is 12.1. The Morgan fingerprint density at radius 1 is 1.47 bits per heavy atom. The van der Waals surface area contributed by atoms with E-state index in [4.69, 9.17) is 11.6 Å². The first-order valence-electron chi connectivity index (χ1n) is 5.09. The van der Waals surface area contributed by atoms with Crippen molar-refractivity contribution in [2.24, 2.45) is 0 Å². The van der Waals surface area contributed by atoms with Crippen molar-refractivity contribution in [3.05, 3.63) is 28.8 Å². The number of hydrogen-bond acceptors (Lipinski definition) is 1. The summed E-state index contributed by atoms with van der Waals surface area (Å²) in [6, 6.07) is 5.64. The third-order valence-electron chi connectivity index (χ3n) is 3.40. The van der Waals surface area contributed by atoms with Crippen molar-refractivity contribution in [2.75, 3.05) is 11.9 Å². The number of halogens is 1. The van der Waals surface area contributed by atoms with Crippen LogP contribution in [-0.2, 0) is 10.2 Å². The second-order valence-corrected chi connectivity index (χ2v) is 4.65. The number of fused-ring (bicyclic) bond motifs is 1. The third kappa shape index (κ3) is 1.28. The van der Waals surface area contributed by atoms with Crippen molar-refractivity contribution >= 4 is 23.2 Å². The predicted molar refractivity (Wildman–Crippen MR) is 62.5 cm³/mol. The number of benzene rings is 1. The van der Waals surface area contributed by atoms with Crippen LogP contribution < -0.4 is 4.90 Å². The van der Waals surface area contributed by atoms with Crippen molar-refractivity contribution in [3.8, 4) is 0 Å². The molecule has 0 fully saturated rings. The Balaban J connectivity index is 2.67. The van der Waals surface area contributed by atoms with E-state index in [1.54, 1.807) is 4.90 Å². The van der Waals surface area contributed by atoms with Gasteiger partial charge in [-0.25, -0.2) is 0 Å². The molecule has 0 aliphatic carbocycles. The SMILES string of the molecule is CCC1(C)C(=O)N(C)c2ccc(Cl)cc21. The van der Waals surface area contributed by atoms with Crippen molar-refractivity contribution in [2.45, 2.75) is 25.7 Å². The number of rotatable bonds is 1. The van der Waals surface area contributed by atoms with Crippen molar-refractivity contribution in [3.63, 3.8) is 0 Å². The van der Waals surface area contributed by atoms with Gasteiger partial charge in [-0.2, -0.15) is 0 Å². The minimum Gasteiger partial charge on any atom is -0.314 e. The monoisotopic (exact) mass is 223 g/mol. The lowest BCUT2D eigenvalue weighted by Crippen LogP contribution is -2.35. The summed E-state index contributed by atoms with van der Waals surface area (Å²) < 4.78 is 0. The number of likely N-dealkylation sites (N-methyl/N-ethyl adjacent to an activating group) is 1. The molecule has 1 unspecified atom stereocenters. The lowest BCUT2D eigenvalue weighted by molar-refractivity contribution is -0.122. The first-order chi connectivity index (χ1) is 7.00. The molecule has 1 aliphatic heterocycles. The van der Waals surface area contributed by atoms with E-state index >= 15 is 0 Å². The average Bonchev–Trinajstić information content (AvgIpc) is 2.42. The van der Waals surface area contributed by atoms with Crippen LogP contribution in [0.5, 0.6) is 0 Å². The maximum atomic E-state index is 12.1. The summed E-state index contributed by atoms with van der Waals surface area (Å²) in [6.07, 6.45) is 0.795. The van der Waals surface area contributed by atoms with E-state index in [-0.39, 0.29) is 5.91 Å². The van der Waals surface area contributed by atoms with Crippen LogP contribution in [0.15, 0.2) is 18.2 Å². The fraction of sp³-hybridized carbons (Fsp3) is 0.417. The van der Waals surface area contributed by atoms with Crippen LogP contribution in [0.3, 0.4) is 0 Å². The topological polar surface area (TPSA) is 20.3 Å². The summed E-state index contributed by atoms with van der Waals surface area (Å²) in [6.45, 7) is 4.01. The van der Waals surface area contributed by atoms with Gasteiger partial charge in [-0.15, -0.1) is 0 Å². The quantitative estimate of drug-likeness (QED) is 0.717. The van der Waals surface area contributed by atoms with Crippen LogP contribution in [0.25, 0.3) is 0 Å². The fourth-order valence-corrected chi connectivity index (χ4v) is 2.35. The highest BCUT2D eigenvalue weighted by Gasteiger charge is 2.44. The number of anilines is 1. The normalized spacial score (nSPS) is 24.5. The molecule has 1 heterocycles. The Morgan fingerprint density at radius 3 is 2.73 bits per heavy atom. The molecule has 1 atom stereocenters. The van der Waals surface area contributed by atoms with E-state index < -0.39 is 5.41 Å². The molecule has 0 spiro atoms. The summed E-state index contributed by atoms with van der Waals surface area (Å²) in [7, 11) is 1.82. The molecule has 80 valence electrons. The smallest absolute Gasteiger partial charge is 0.237 e. The summed E-state index contributed by atoms with van der Waals surface area (Å²) in [5.41, 5.74) is 1.62. The third-order valence-corrected chi connectivity index (χ3v) is 3.63. The van der Waals surface area contributed by atoms with Gasteiger partial charge < -0.3 is 4.90 Å². The first-order valence-corrected chi connectivity index (χ1v) is 5.46. The van der Waals surface area contributed by atoms with Crippen molar-refractivity contribution < 1.29 is 4.79 Å². The molecule has 2 rings (SSSR count). The van der Waals surface area contributed by atoms with E-state index in [1.807, 2.05) is 39.1 Å². The number of carbonyl (C=O) groups is 1.